The fourth-order valence-corrected chi connectivity index (χ4v) is 1.72. The monoisotopic (exact) mass is 314 g/mol. The predicted molar refractivity (Wildman–Crippen MR) is 69.8 cm³/mol. The number of amides is 1. The van der Waals surface area contributed by atoms with E-state index in [0.717, 1.165) is 12.1 Å². The first kappa shape index (κ1) is 17.5. The first-order chi connectivity index (χ1) is 10.3. The summed E-state index contributed by atoms with van der Waals surface area (Å²) in [6.45, 7) is 0. The van der Waals surface area contributed by atoms with E-state index in [0.29, 0.717) is 6.07 Å². The molecule has 8 heteroatoms. The van der Waals surface area contributed by atoms with Crippen molar-refractivity contribution in [2.75, 3.05) is 0 Å². The van der Waals surface area contributed by atoms with Crippen molar-refractivity contribution in [1.82, 2.24) is 5.32 Å². The highest BCUT2D eigenvalue weighted by atomic mass is 19.4. The second-order valence-corrected chi connectivity index (χ2v) is 4.49. The number of nitrogens with one attached hydrogen (secondary N) is 1. The van der Waals surface area contributed by atoms with Crippen molar-refractivity contribution < 1.29 is 27.9 Å². The number of carbonyl (C=O) groups is 2. The van der Waals surface area contributed by atoms with Crippen LogP contribution in [0.4, 0.5) is 13.2 Å². The summed E-state index contributed by atoms with van der Waals surface area (Å²) in [5.74, 6) is -2.21. The van der Waals surface area contributed by atoms with E-state index in [2.05, 4.69) is 5.32 Å². The van der Waals surface area contributed by atoms with E-state index in [9.17, 15) is 22.8 Å². The van der Waals surface area contributed by atoms with Gasteiger partial charge in [-0.2, -0.15) is 18.4 Å². The second-order valence-electron chi connectivity index (χ2n) is 4.49. The van der Waals surface area contributed by atoms with E-state index < -0.39 is 29.7 Å². The first-order valence-corrected chi connectivity index (χ1v) is 6.33. The molecule has 0 aromatic heterocycles. The zero-order valence-electron chi connectivity index (χ0n) is 11.4. The lowest BCUT2D eigenvalue weighted by atomic mass is 10.1. The normalized spacial score (nSPS) is 12.3. The van der Waals surface area contributed by atoms with Crippen molar-refractivity contribution in [2.24, 2.45) is 0 Å². The minimum Gasteiger partial charge on any atom is -0.480 e. The Morgan fingerprint density at radius 1 is 1.36 bits per heavy atom. The molecule has 0 saturated carbocycles. The Kier molecular flexibility index (Phi) is 5.92. The molecule has 2 N–H and O–H groups in total. The molecule has 0 saturated heterocycles. The molecule has 0 bridgehead atoms. The van der Waals surface area contributed by atoms with Gasteiger partial charge in [0.2, 0.25) is 0 Å². The molecule has 22 heavy (non-hydrogen) atoms. The lowest BCUT2D eigenvalue weighted by Crippen LogP contribution is -2.40. The SMILES string of the molecule is N#CCCC[C@@H](NC(=O)c1cccc(C(F)(F)F)c1)C(=O)O. The molecule has 0 aliphatic carbocycles. The molecule has 1 rings (SSSR count). The molecule has 0 unspecified atom stereocenters. The van der Waals surface area contributed by atoms with Gasteiger partial charge in [-0.3, -0.25) is 4.79 Å². The van der Waals surface area contributed by atoms with Gasteiger partial charge in [-0.25, -0.2) is 4.79 Å². The Balaban J connectivity index is 2.82. The molecule has 0 spiro atoms. The Morgan fingerprint density at radius 3 is 2.59 bits per heavy atom. The number of carboxylic acids is 1. The highest BCUT2D eigenvalue weighted by Gasteiger charge is 2.31. The van der Waals surface area contributed by atoms with E-state index in [1.165, 1.54) is 6.07 Å². The van der Waals surface area contributed by atoms with Crippen LogP contribution in [-0.4, -0.2) is 23.0 Å². The number of nitrogens with zero attached hydrogens (tertiary/aromatic N) is 1. The zero-order valence-corrected chi connectivity index (χ0v) is 11.4. The molecule has 0 heterocycles. The number of nitriles is 1. The number of benzene rings is 1. The van der Waals surface area contributed by atoms with Gasteiger partial charge in [0.1, 0.15) is 6.04 Å². The maximum Gasteiger partial charge on any atom is 0.416 e. The fourth-order valence-electron chi connectivity index (χ4n) is 1.72. The maximum absolute atomic E-state index is 12.6. The van der Waals surface area contributed by atoms with Crippen molar-refractivity contribution >= 4 is 11.9 Å². The van der Waals surface area contributed by atoms with E-state index in [-0.39, 0.29) is 24.8 Å². The third-order valence-corrected chi connectivity index (χ3v) is 2.84. The summed E-state index contributed by atoms with van der Waals surface area (Å²) in [4.78, 5) is 22.9. The van der Waals surface area contributed by atoms with Crippen LogP contribution in [-0.2, 0) is 11.0 Å². The first-order valence-electron chi connectivity index (χ1n) is 6.33. The van der Waals surface area contributed by atoms with Gasteiger partial charge in [-0.05, 0) is 31.0 Å². The van der Waals surface area contributed by atoms with E-state index in [1.807, 2.05) is 6.07 Å². The number of alkyl halides is 3. The standard InChI is InChI=1S/C14H13F3N2O3/c15-14(16,17)10-5-3-4-9(8-10)12(20)19-11(13(21)22)6-1-2-7-18/h3-5,8,11H,1-2,6H2,(H,19,20)(H,21,22)/t11-/m1/s1. The van der Waals surface area contributed by atoms with E-state index in [1.54, 1.807) is 0 Å². The third kappa shape index (κ3) is 5.09. The van der Waals surface area contributed by atoms with Crippen LogP contribution < -0.4 is 5.32 Å². The van der Waals surface area contributed by atoms with Crippen LogP contribution >= 0.6 is 0 Å². The molecule has 1 atom stereocenters. The van der Waals surface area contributed by atoms with Gasteiger partial charge in [0.15, 0.2) is 0 Å². The minimum atomic E-state index is -4.59. The van der Waals surface area contributed by atoms with Crippen LogP contribution in [0, 0.1) is 11.3 Å². The summed E-state index contributed by atoms with van der Waals surface area (Å²) in [6.07, 6.45) is -4.18. The minimum absolute atomic E-state index is 0.0214. The molecular formula is C14H13F3N2O3. The molecule has 1 aromatic rings. The average Bonchev–Trinajstić information content (AvgIpc) is 2.45. The lowest BCUT2D eigenvalue weighted by molar-refractivity contribution is -0.139. The summed E-state index contributed by atoms with van der Waals surface area (Å²) in [5, 5.41) is 19.5. The van der Waals surface area contributed by atoms with Gasteiger partial charge < -0.3 is 10.4 Å². The fraction of sp³-hybridized carbons (Fsp3) is 0.357. The second kappa shape index (κ2) is 7.45. The van der Waals surface area contributed by atoms with Gasteiger partial charge in [-0.1, -0.05) is 6.07 Å². The maximum atomic E-state index is 12.6. The molecule has 0 radical (unpaired) electrons. The quantitative estimate of drug-likeness (QED) is 0.790. The summed E-state index contributed by atoms with van der Waals surface area (Å²) in [6, 6.07) is 4.30. The van der Waals surface area contributed by atoms with Crippen LogP contribution in [0.15, 0.2) is 24.3 Å². The van der Waals surface area contributed by atoms with Crippen LogP contribution in [0.25, 0.3) is 0 Å². The third-order valence-electron chi connectivity index (χ3n) is 2.84. The molecule has 1 amide bonds. The van der Waals surface area contributed by atoms with Gasteiger partial charge in [-0.15, -0.1) is 0 Å². The number of halogens is 3. The highest BCUT2D eigenvalue weighted by molar-refractivity contribution is 5.96. The number of carboxylic acid groups (broad SMARTS) is 1. The van der Waals surface area contributed by atoms with Crippen molar-refractivity contribution in [3.05, 3.63) is 35.4 Å². The summed E-state index contributed by atoms with van der Waals surface area (Å²) in [7, 11) is 0. The van der Waals surface area contributed by atoms with Crippen LogP contribution in [0.1, 0.15) is 35.2 Å². The Bertz CT molecular complexity index is 594. The van der Waals surface area contributed by atoms with Gasteiger partial charge in [0.25, 0.3) is 5.91 Å². The number of aliphatic carboxylic acids is 1. The number of rotatable bonds is 6. The van der Waals surface area contributed by atoms with Gasteiger partial charge in [0.05, 0.1) is 11.6 Å². The largest absolute Gasteiger partial charge is 0.480 e. The van der Waals surface area contributed by atoms with E-state index >= 15 is 0 Å². The zero-order chi connectivity index (χ0) is 16.8. The Morgan fingerprint density at radius 2 is 2.05 bits per heavy atom. The summed E-state index contributed by atoms with van der Waals surface area (Å²) >= 11 is 0. The Hall–Kier alpha value is -2.56. The summed E-state index contributed by atoms with van der Waals surface area (Å²) in [5.41, 5.74) is -1.27. The van der Waals surface area contributed by atoms with Crippen LogP contribution in [0.3, 0.4) is 0 Å². The Labute approximate surface area is 124 Å². The molecule has 5 nitrogen and oxygen atoms in total. The molecular weight excluding hydrogens is 301 g/mol. The number of carbonyl (C=O) groups excluding carboxylic acids is 1. The van der Waals surface area contributed by atoms with Crippen molar-refractivity contribution in [3.63, 3.8) is 0 Å². The van der Waals surface area contributed by atoms with Crippen molar-refractivity contribution in [1.29, 1.82) is 5.26 Å². The molecule has 118 valence electrons. The molecule has 1 aromatic carbocycles. The predicted octanol–water partition coefficient (Wildman–Crippen LogP) is 2.58. The molecule has 0 aliphatic rings. The molecule has 0 fully saturated rings. The average molecular weight is 314 g/mol. The highest BCUT2D eigenvalue weighted by Crippen LogP contribution is 2.29. The van der Waals surface area contributed by atoms with Crippen LogP contribution in [0.5, 0.6) is 0 Å². The smallest absolute Gasteiger partial charge is 0.416 e. The lowest BCUT2D eigenvalue weighted by Gasteiger charge is -2.14. The van der Waals surface area contributed by atoms with Gasteiger partial charge in [0, 0.05) is 12.0 Å². The number of hydrogen-bond acceptors (Lipinski definition) is 3. The number of unbranched alkanes of at least 4 members (excludes halogenated alkanes) is 1. The topological polar surface area (TPSA) is 90.2 Å². The van der Waals surface area contributed by atoms with Crippen molar-refractivity contribution in [2.45, 2.75) is 31.5 Å². The van der Waals surface area contributed by atoms with Gasteiger partial charge >= 0.3 is 12.1 Å². The van der Waals surface area contributed by atoms with Crippen molar-refractivity contribution in [3.8, 4) is 6.07 Å². The van der Waals surface area contributed by atoms with E-state index in [4.69, 9.17) is 10.4 Å². The number of hydrogen-bond donors (Lipinski definition) is 2. The summed E-state index contributed by atoms with van der Waals surface area (Å²) < 4.78 is 37.7. The molecule has 0 aliphatic heterocycles. The van der Waals surface area contributed by atoms with Crippen LogP contribution in [0.2, 0.25) is 0 Å².